The highest BCUT2D eigenvalue weighted by molar-refractivity contribution is 7.11. The van der Waals surface area contributed by atoms with Crippen LogP contribution in [-0.4, -0.2) is 31.3 Å². The van der Waals surface area contributed by atoms with E-state index in [1.165, 1.54) is 47.7 Å². The van der Waals surface area contributed by atoms with E-state index in [2.05, 4.69) is 5.32 Å². The Balaban J connectivity index is 1.73. The molecule has 0 radical (unpaired) electrons. The molecule has 1 saturated heterocycles. The molecular weight excluding hydrogens is 244 g/mol. The van der Waals surface area contributed by atoms with Crippen LogP contribution in [-0.2, 0) is 17.6 Å². The molecule has 2 unspecified atom stereocenters. The lowest BCUT2D eigenvalue weighted by molar-refractivity contribution is 0.111. The summed E-state index contributed by atoms with van der Waals surface area (Å²) in [5.74, 6) is 0.633. The van der Waals surface area contributed by atoms with Crippen molar-refractivity contribution in [1.29, 1.82) is 0 Å². The zero-order chi connectivity index (χ0) is 12.4. The number of aromatic nitrogens is 1. The van der Waals surface area contributed by atoms with Crippen molar-refractivity contribution in [3.63, 3.8) is 0 Å². The van der Waals surface area contributed by atoms with Gasteiger partial charge in [0.2, 0.25) is 0 Å². The van der Waals surface area contributed by atoms with E-state index in [0.717, 1.165) is 19.6 Å². The fourth-order valence-electron chi connectivity index (χ4n) is 3.09. The normalized spacial score (nSPS) is 27.4. The smallest absolute Gasteiger partial charge is 0.0957 e. The van der Waals surface area contributed by atoms with E-state index in [-0.39, 0.29) is 0 Å². The Morgan fingerprint density at radius 3 is 3.11 bits per heavy atom. The van der Waals surface area contributed by atoms with Gasteiger partial charge in [0.1, 0.15) is 0 Å². The number of fused-ring (bicyclic) bond motifs is 1. The molecule has 18 heavy (non-hydrogen) atoms. The van der Waals surface area contributed by atoms with Crippen LogP contribution in [0, 0.1) is 0 Å². The molecule has 1 aliphatic carbocycles. The van der Waals surface area contributed by atoms with Gasteiger partial charge >= 0.3 is 0 Å². The summed E-state index contributed by atoms with van der Waals surface area (Å²) >= 11 is 1.93. The summed E-state index contributed by atoms with van der Waals surface area (Å²) in [6.07, 6.45) is 7.74. The van der Waals surface area contributed by atoms with E-state index >= 15 is 0 Å². The number of rotatable bonds is 4. The van der Waals surface area contributed by atoms with Crippen LogP contribution in [0.25, 0.3) is 0 Å². The van der Waals surface area contributed by atoms with Gasteiger partial charge in [-0.1, -0.05) is 0 Å². The molecule has 0 bridgehead atoms. The van der Waals surface area contributed by atoms with Gasteiger partial charge in [-0.25, -0.2) is 4.98 Å². The van der Waals surface area contributed by atoms with Crippen LogP contribution in [0.3, 0.4) is 0 Å². The number of nitrogens with one attached hydrogen (secondary N) is 1. The minimum Gasteiger partial charge on any atom is -0.378 e. The minimum absolute atomic E-state index is 0.431. The topological polar surface area (TPSA) is 34.1 Å². The van der Waals surface area contributed by atoms with Gasteiger partial charge < -0.3 is 10.1 Å². The standard InChI is InChI=1S/C14H22N2OS/c1-15-9-10-4-2-6-12-14(10)16-13(18-12)8-11-5-3-7-17-11/h10-11,15H,2-9H2,1H3. The average molecular weight is 266 g/mol. The third kappa shape index (κ3) is 2.60. The molecule has 3 nitrogen and oxygen atoms in total. The van der Waals surface area contributed by atoms with Crippen molar-refractivity contribution in [1.82, 2.24) is 10.3 Å². The number of ether oxygens (including phenoxy) is 1. The molecule has 0 saturated carbocycles. The predicted molar refractivity (Wildman–Crippen MR) is 74.4 cm³/mol. The van der Waals surface area contributed by atoms with Gasteiger partial charge in [-0.3, -0.25) is 0 Å². The van der Waals surface area contributed by atoms with E-state index in [1.807, 2.05) is 18.4 Å². The Labute approximate surface area is 113 Å². The van der Waals surface area contributed by atoms with Crippen LogP contribution >= 0.6 is 11.3 Å². The summed E-state index contributed by atoms with van der Waals surface area (Å²) in [5.41, 5.74) is 1.38. The van der Waals surface area contributed by atoms with Gasteiger partial charge in [0.25, 0.3) is 0 Å². The number of thiazole rings is 1. The maximum Gasteiger partial charge on any atom is 0.0957 e. The summed E-state index contributed by atoms with van der Waals surface area (Å²) in [6, 6.07) is 0. The second-order valence-electron chi connectivity index (χ2n) is 5.40. The third-order valence-electron chi connectivity index (χ3n) is 3.99. The zero-order valence-electron chi connectivity index (χ0n) is 11.1. The summed E-state index contributed by atoms with van der Waals surface area (Å²) in [6.45, 7) is 2.01. The Bertz CT molecular complexity index is 398. The molecular formula is C14H22N2OS. The third-order valence-corrected chi connectivity index (χ3v) is 5.15. The Morgan fingerprint density at radius 2 is 2.33 bits per heavy atom. The second kappa shape index (κ2) is 5.68. The molecule has 2 heterocycles. The van der Waals surface area contributed by atoms with Crippen LogP contribution in [0.4, 0.5) is 0 Å². The first kappa shape index (κ1) is 12.6. The van der Waals surface area contributed by atoms with Crippen LogP contribution in [0.1, 0.15) is 47.2 Å². The van der Waals surface area contributed by atoms with Gasteiger partial charge in [-0.2, -0.15) is 0 Å². The molecule has 0 amide bonds. The van der Waals surface area contributed by atoms with Crippen LogP contribution in [0.5, 0.6) is 0 Å². The van der Waals surface area contributed by atoms with Crippen molar-refractivity contribution < 1.29 is 4.74 Å². The van der Waals surface area contributed by atoms with Crippen LogP contribution < -0.4 is 5.32 Å². The molecule has 1 N–H and O–H groups in total. The van der Waals surface area contributed by atoms with Gasteiger partial charge in [-0.05, 0) is 39.2 Å². The van der Waals surface area contributed by atoms with E-state index < -0.39 is 0 Å². The summed E-state index contributed by atoms with van der Waals surface area (Å²) < 4.78 is 5.72. The molecule has 1 aliphatic heterocycles. The fraction of sp³-hybridized carbons (Fsp3) is 0.786. The lowest BCUT2D eigenvalue weighted by atomic mass is 9.91. The summed E-state index contributed by atoms with van der Waals surface area (Å²) in [4.78, 5) is 6.45. The minimum atomic E-state index is 0.431. The van der Waals surface area contributed by atoms with Gasteiger partial charge in [0.15, 0.2) is 0 Å². The number of hydrogen-bond acceptors (Lipinski definition) is 4. The Kier molecular flexibility index (Phi) is 3.97. The SMILES string of the molecule is CNCC1CCCc2sc(CC3CCCO3)nc21. The molecule has 1 aromatic rings. The highest BCUT2D eigenvalue weighted by Crippen LogP contribution is 2.35. The molecule has 0 spiro atoms. The highest BCUT2D eigenvalue weighted by Gasteiger charge is 2.25. The average Bonchev–Trinajstić information content (AvgIpc) is 2.99. The van der Waals surface area contributed by atoms with Crippen molar-refractivity contribution >= 4 is 11.3 Å². The van der Waals surface area contributed by atoms with Crippen molar-refractivity contribution in [2.75, 3.05) is 20.2 Å². The summed E-state index contributed by atoms with van der Waals surface area (Å²) in [5, 5.41) is 4.60. The molecule has 1 fully saturated rings. The van der Waals surface area contributed by atoms with Crippen LogP contribution in [0.15, 0.2) is 0 Å². The first-order valence-corrected chi connectivity index (χ1v) is 7.93. The molecule has 4 heteroatoms. The van der Waals surface area contributed by atoms with Crippen LogP contribution in [0.2, 0.25) is 0 Å². The maximum absolute atomic E-state index is 5.72. The van der Waals surface area contributed by atoms with E-state index in [4.69, 9.17) is 9.72 Å². The van der Waals surface area contributed by atoms with E-state index in [0.29, 0.717) is 12.0 Å². The second-order valence-corrected chi connectivity index (χ2v) is 6.57. The van der Waals surface area contributed by atoms with Crippen molar-refractivity contribution in [3.8, 4) is 0 Å². The monoisotopic (exact) mass is 266 g/mol. The molecule has 2 atom stereocenters. The largest absolute Gasteiger partial charge is 0.378 e. The maximum atomic E-state index is 5.72. The number of nitrogens with zero attached hydrogens (tertiary/aromatic N) is 1. The van der Waals surface area contributed by atoms with E-state index in [1.54, 1.807) is 0 Å². The fourth-order valence-corrected chi connectivity index (χ4v) is 4.35. The first-order valence-electron chi connectivity index (χ1n) is 7.11. The van der Waals surface area contributed by atoms with Crippen molar-refractivity contribution in [3.05, 3.63) is 15.6 Å². The quantitative estimate of drug-likeness (QED) is 0.909. The van der Waals surface area contributed by atoms with Crippen molar-refractivity contribution in [2.45, 2.75) is 50.5 Å². The lowest BCUT2D eigenvalue weighted by Gasteiger charge is -2.20. The zero-order valence-corrected chi connectivity index (χ0v) is 11.9. The molecule has 2 aliphatic rings. The van der Waals surface area contributed by atoms with Crippen molar-refractivity contribution in [2.24, 2.45) is 0 Å². The first-order chi connectivity index (χ1) is 8.86. The van der Waals surface area contributed by atoms with Gasteiger partial charge in [0, 0.05) is 30.4 Å². The Hall–Kier alpha value is -0.450. The number of likely N-dealkylation sites (N-methyl/N-ethyl adjacent to an activating group) is 1. The molecule has 1 aromatic heterocycles. The number of aryl methyl sites for hydroxylation is 1. The Morgan fingerprint density at radius 1 is 1.39 bits per heavy atom. The summed E-state index contributed by atoms with van der Waals surface area (Å²) in [7, 11) is 2.04. The highest BCUT2D eigenvalue weighted by atomic mass is 32.1. The number of hydrogen-bond donors (Lipinski definition) is 1. The van der Waals surface area contributed by atoms with E-state index in [9.17, 15) is 0 Å². The van der Waals surface area contributed by atoms with Gasteiger partial charge in [-0.15, -0.1) is 11.3 Å². The molecule has 3 rings (SSSR count). The molecule has 100 valence electrons. The predicted octanol–water partition coefficient (Wildman–Crippen LogP) is 2.50. The molecule has 0 aromatic carbocycles. The van der Waals surface area contributed by atoms with Gasteiger partial charge in [0.05, 0.1) is 16.8 Å². The lowest BCUT2D eigenvalue weighted by Crippen LogP contribution is -2.21.